The van der Waals surface area contributed by atoms with Crippen LogP contribution in [0.15, 0.2) is 0 Å². The number of carboxylic acid groups (broad SMARTS) is 1. The number of hydrogen-bond acceptors (Lipinski definition) is 2. The number of nitrogens with one attached hydrogen (secondary N) is 1. The molecule has 1 saturated carbocycles. The fraction of sp³-hybridized carbons (Fsp3) is 0.867. The lowest BCUT2D eigenvalue weighted by Gasteiger charge is -2.38. The zero-order chi connectivity index (χ0) is 15.0. The first kappa shape index (κ1) is 15.1. The van der Waals surface area contributed by atoms with Crippen LogP contribution in [0.1, 0.15) is 59.3 Å². The van der Waals surface area contributed by atoms with Crippen LogP contribution in [-0.2, 0) is 4.79 Å². The lowest BCUT2D eigenvalue weighted by atomic mass is 9.75. The Labute approximate surface area is 120 Å². The summed E-state index contributed by atoms with van der Waals surface area (Å²) in [4.78, 5) is 25.3. The molecule has 5 nitrogen and oxygen atoms in total. The van der Waals surface area contributed by atoms with E-state index in [1.165, 1.54) is 11.3 Å². The number of carboxylic acids is 1. The maximum Gasteiger partial charge on any atom is 0.329 e. The van der Waals surface area contributed by atoms with Gasteiger partial charge in [-0.25, -0.2) is 9.59 Å². The van der Waals surface area contributed by atoms with E-state index in [2.05, 4.69) is 19.2 Å². The minimum atomic E-state index is -1.05. The van der Waals surface area contributed by atoms with Gasteiger partial charge in [0.05, 0.1) is 0 Å². The van der Waals surface area contributed by atoms with Gasteiger partial charge in [0.25, 0.3) is 0 Å². The predicted octanol–water partition coefficient (Wildman–Crippen LogP) is 2.60. The monoisotopic (exact) mass is 282 g/mol. The summed E-state index contributed by atoms with van der Waals surface area (Å²) in [6.45, 7) is 6.63. The van der Waals surface area contributed by atoms with E-state index in [0.29, 0.717) is 13.0 Å². The highest BCUT2D eigenvalue weighted by Gasteiger charge is 2.46. The van der Waals surface area contributed by atoms with Crippen LogP contribution in [0.4, 0.5) is 4.79 Å². The third kappa shape index (κ3) is 2.91. The smallest absolute Gasteiger partial charge is 0.329 e. The summed E-state index contributed by atoms with van der Waals surface area (Å²) in [5.41, 5.74) is -0.786. The Balaban J connectivity index is 2.00. The van der Waals surface area contributed by atoms with Gasteiger partial charge in [-0.15, -0.1) is 0 Å². The third-order valence-electron chi connectivity index (χ3n) is 4.88. The van der Waals surface area contributed by atoms with Crippen molar-refractivity contribution in [2.75, 3.05) is 6.54 Å². The van der Waals surface area contributed by atoms with E-state index >= 15 is 0 Å². The number of nitrogens with zero attached hydrogens (tertiary/aromatic N) is 1. The average molecular weight is 282 g/mol. The summed E-state index contributed by atoms with van der Waals surface area (Å²) in [5.74, 6) is -0.908. The largest absolute Gasteiger partial charge is 0.480 e. The Morgan fingerprint density at radius 1 is 1.20 bits per heavy atom. The second-order valence-corrected chi connectivity index (χ2v) is 7.24. The van der Waals surface area contributed by atoms with Gasteiger partial charge in [0.1, 0.15) is 5.54 Å². The van der Waals surface area contributed by atoms with Gasteiger partial charge in [-0.2, -0.15) is 0 Å². The van der Waals surface area contributed by atoms with Crippen molar-refractivity contribution in [1.29, 1.82) is 0 Å². The number of amides is 2. The van der Waals surface area contributed by atoms with Gasteiger partial charge in [-0.05, 0) is 44.4 Å². The number of rotatable bonds is 2. The minimum Gasteiger partial charge on any atom is -0.480 e. The maximum absolute atomic E-state index is 12.4. The molecule has 2 amide bonds. The lowest BCUT2D eigenvalue weighted by molar-refractivity contribution is -0.147. The van der Waals surface area contributed by atoms with Crippen molar-refractivity contribution in [3.05, 3.63) is 0 Å². The van der Waals surface area contributed by atoms with Crippen molar-refractivity contribution in [2.45, 2.75) is 70.9 Å². The van der Waals surface area contributed by atoms with Crippen LogP contribution in [0.2, 0.25) is 0 Å². The molecule has 1 aliphatic carbocycles. The molecule has 2 aliphatic rings. The van der Waals surface area contributed by atoms with E-state index < -0.39 is 11.5 Å². The molecule has 1 aliphatic heterocycles. The van der Waals surface area contributed by atoms with Crippen molar-refractivity contribution in [3.63, 3.8) is 0 Å². The Morgan fingerprint density at radius 2 is 1.90 bits per heavy atom. The zero-order valence-electron chi connectivity index (χ0n) is 12.7. The van der Waals surface area contributed by atoms with E-state index in [0.717, 1.165) is 25.7 Å². The first-order valence-corrected chi connectivity index (χ1v) is 7.56. The molecule has 0 radical (unpaired) electrons. The summed E-state index contributed by atoms with van der Waals surface area (Å²) in [5, 5.41) is 12.4. The fourth-order valence-electron chi connectivity index (χ4n) is 3.59. The molecule has 2 unspecified atom stereocenters. The molecule has 0 spiro atoms. The molecule has 0 aromatic heterocycles. The maximum atomic E-state index is 12.4. The molecule has 5 heteroatoms. The molecule has 114 valence electrons. The standard InChI is InChI=1S/C15H26N2O3/c1-14(2)7-4-6-11(10-14)16-13(20)17-9-5-8-15(17,3)12(18)19/h11H,4-10H2,1-3H3,(H,16,20)(H,18,19). The van der Waals surface area contributed by atoms with Crippen LogP contribution in [0.25, 0.3) is 0 Å². The van der Waals surface area contributed by atoms with Gasteiger partial charge in [0.15, 0.2) is 0 Å². The van der Waals surface area contributed by atoms with Crippen molar-refractivity contribution >= 4 is 12.0 Å². The normalized spacial score (nSPS) is 33.0. The number of likely N-dealkylation sites (tertiary alicyclic amines) is 1. The Hall–Kier alpha value is -1.26. The Morgan fingerprint density at radius 3 is 2.50 bits per heavy atom. The molecule has 2 rings (SSSR count). The molecule has 2 atom stereocenters. The predicted molar refractivity (Wildman–Crippen MR) is 76.5 cm³/mol. The average Bonchev–Trinajstić information content (AvgIpc) is 2.71. The van der Waals surface area contributed by atoms with E-state index in [9.17, 15) is 14.7 Å². The molecule has 1 heterocycles. The van der Waals surface area contributed by atoms with Gasteiger partial charge in [-0.1, -0.05) is 20.3 Å². The van der Waals surface area contributed by atoms with Crippen LogP contribution in [0.3, 0.4) is 0 Å². The van der Waals surface area contributed by atoms with Crippen LogP contribution in [-0.4, -0.2) is 40.1 Å². The van der Waals surface area contributed by atoms with E-state index in [1.54, 1.807) is 6.92 Å². The van der Waals surface area contributed by atoms with Crippen molar-refractivity contribution < 1.29 is 14.7 Å². The first-order chi connectivity index (χ1) is 9.24. The van der Waals surface area contributed by atoms with E-state index in [1.807, 2.05) is 0 Å². The highest BCUT2D eigenvalue weighted by Crippen LogP contribution is 2.35. The topological polar surface area (TPSA) is 69.6 Å². The number of hydrogen-bond donors (Lipinski definition) is 2. The molecule has 2 fully saturated rings. The van der Waals surface area contributed by atoms with Crippen molar-refractivity contribution in [2.24, 2.45) is 5.41 Å². The summed E-state index contributed by atoms with van der Waals surface area (Å²) in [7, 11) is 0. The molecule has 0 bridgehead atoms. The van der Waals surface area contributed by atoms with Crippen molar-refractivity contribution in [3.8, 4) is 0 Å². The fourth-order valence-corrected chi connectivity index (χ4v) is 3.59. The first-order valence-electron chi connectivity index (χ1n) is 7.56. The van der Waals surface area contributed by atoms with Crippen LogP contribution in [0.5, 0.6) is 0 Å². The van der Waals surface area contributed by atoms with Gasteiger partial charge in [0.2, 0.25) is 0 Å². The quantitative estimate of drug-likeness (QED) is 0.818. The summed E-state index contributed by atoms with van der Waals surface area (Å²) < 4.78 is 0. The molecule has 2 N–H and O–H groups in total. The zero-order valence-corrected chi connectivity index (χ0v) is 12.7. The summed E-state index contributed by atoms with van der Waals surface area (Å²) in [6.07, 6.45) is 5.56. The lowest BCUT2D eigenvalue weighted by Crippen LogP contribution is -2.56. The van der Waals surface area contributed by atoms with Gasteiger partial charge in [-0.3, -0.25) is 0 Å². The Bertz CT molecular complexity index is 408. The van der Waals surface area contributed by atoms with E-state index in [-0.39, 0.29) is 17.5 Å². The van der Waals surface area contributed by atoms with Gasteiger partial charge < -0.3 is 15.3 Å². The van der Waals surface area contributed by atoms with E-state index in [4.69, 9.17) is 0 Å². The second-order valence-electron chi connectivity index (χ2n) is 7.24. The molecule has 1 saturated heterocycles. The number of aliphatic carboxylic acids is 1. The summed E-state index contributed by atoms with van der Waals surface area (Å²) >= 11 is 0. The number of carbonyl (C=O) groups is 2. The number of urea groups is 1. The molecule has 0 aromatic rings. The number of carbonyl (C=O) groups excluding carboxylic acids is 1. The molecular formula is C15H26N2O3. The Kier molecular flexibility index (Phi) is 3.98. The molecular weight excluding hydrogens is 256 g/mol. The van der Waals surface area contributed by atoms with Gasteiger partial charge in [0, 0.05) is 12.6 Å². The highest BCUT2D eigenvalue weighted by atomic mass is 16.4. The minimum absolute atomic E-state index is 0.171. The SMILES string of the molecule is CC1(C)CCCC(NC(=O)N2CCCC2(C)C(=O)O)C1. The van der Waals surface area contributed by atoms with Crippen LogP contribution in [0, 0.1) is 5.41 Å². The van der Waals surface area contributed by atoms with Gasteiger partial charge >= 0.3 is 12.0 Å². The molecule has 20 heavy (non-hydrogen) atoms. The molecule has 0 aromatic carbocycles. The highest BCUT2D eigenvalue weighted by molar-refractivity contribution is 5.86. The second kappa shape index (κ2) is 5.26. The third-order valence-corrected chi connectivity index (χ3v) is 4.88. The van der Waals surface area contributed by atoms with Crippen LogP contribution < -0.4 is 5.32 Å². The summed E-state index contributed by atoms with van der Waals surface area (Å²) in [6, 6.07) is -0.0417. The van der Waals surface area contributed by atoms with Crippen molar-refractivity contribution in [1.82, 2.24) is 10.2 Å². The van der Waals surface area contributed by atoms with Crippen LogP contribution >= 0.6 is 0 Å².